The summed E-state index contributed by atoms with van der Waals surface area (Å²) in [5, 5.41) is 22.6. The van der Waals surface area contributed by atoms with Crippen LogP contribution in [0.4, 0.5) is 23.1 Å². The van der Waals surface area contributed by atoms with Gasteiger partial charge >= 0.3 is 0 Å². The van der Waals surface area contributed by atoms with Gasteiger partial charge in [-0.05, 0) is 126 Å². The molecule has 4 amide bonds. The van der Waals surface area contributed by atoms with Crippen LogP contribution in [0.25, 0.3) is 10.4 Å². The zero-order chi connectivity index (χ0) is 55.2. The number of nitrogens with zero attached hydrogens (tertiary/aromatic N) is 5. The van der Waals surface area contributed by atoms with Crippen LogP contribution in [0.2, 0.25) is 5.02 Å². The summed E-state index contributed by atoms with van der Waals surface area (Å²) in [7, 11) is -3.61. The van der Waals surface area contributed by atoms with Crippen LogP contribution in [0.15, 0.2) is 77.3 Å². The lowest BCUT2D eigenvalue weighted by molar-refractivity contribution is -0.144. The van der Waals surface area contributed by atoms with Gasteiger partial charge in [-0.25, -0.2) is 18.4 Å². The van der Waals surface area contributed by atoms with Crippen molar-refractivity contribution < 1.29 is 37.4 Å². The highest BCUT2D eigenvalue weighted by atomic mass is 35.5. The van der Waals surface area contributed by atoms with Crippen LogP contribution in [0.1, 0.15) is 128 Å². The predicted octanol–water partition coefficient (Wildman–Crippen LogP) is 9.57. The van der Waals surface area contributed by atoms with Gasteiger partial charge in [0.15, 0.2) is 15.7 Å². The maximum atomic E-state index is 14.3. The van der Waals surface area contributed by atoms with Gasteiger partial charge in [0, 0.05) is 38.9 Å². The number of carbonyl (C=O) groups is 4. The Labute approximate surface area is 455 Å². The SMILES string of the molecule is Cc1cc(Nc2ncc(Cl)c(Nc3ccccc3S(=O)(=O)C(C)C)n2)c(OC(C)C)cc1C1CCN(C(=O)CCCC(=O)NC(C(=O)N2C[C@H](O)C[C@H]2C(=O)NC(C)c2ccc(-c3scnc3C)cc2)C(C)(C)C)CC1. The van der Waals surface area contributed by atoms with Gasteiger partial charge in [-0.3, -0.25) is 19.2 Å². The number of hydrogen-bond donors (Lipinski definition) is 5. The van der Waals surface area contributed by atoms with E-state index in [1.807, 2.05) is 102 Å². The number of aryl methyl sites for hydroxylation is 2. The quantitative estimate of drug-likeness (QED) is 0.0520. The first-order valence-electron chi connectivity index (χ1n) is 26.0. The number of hydrogen-bond acceptors (Lipinski definition) is 14. The first kappa shape index (κ1) is 57.6. The van der Waals surface area contributed by atoms with E-state index in [0.29, 0.717) is 30.2 Å². The molecule has 0 bridgehead atoms. The average Bonchev–Trinajstić information content (AvgIpc) is 3.99. The minimum Gasteiger partial charge on any atom is -0.489 e. The minimum absolute atomic E-state index is 0.0289. The maximum absolute atomic E-state index is 14.3. The second-order valence-electron chi connectivity index (χ2n) is 21.5. The third kappa shape index (κ3) is 13.9. The minimum atomic E-state index is -3.61. The number of aliphatic hydroxyl groups excluding tert-OH is 1. The summed E-state index contributed by atoms with van der Waals surface area (Å²) in [6.07, 6.45) is 2.39. The zero-order valence-electron chi connectivity index (χ0n) is 45.1. The van der Waals surface area contributed by atoms with Crippen LogP contribution in [-0.4, -0.2) is 111 Å². The summed E-state index contributed by atoms with van der Waals surface area (Å²) in [6, 6.07) is 16.3. The number of aliphatic hydroxyl groups is 1. The molecule has 7 rings (SSSR count). The highest BCUT2D eigenvalue weighted by Crippen LogP contribution is 2.39. The molecule has 0 spiro atoms. The zero-order valence-corrected chi connectivity index (χ0v) is 47.5. The number of carbonyl (C=O) groups excluding carboxylic acids is 4. The molecule has 5 N–H and O–H groups in total. The molecule has 2 aromatic heterocycles. The monoisotopic (exact) mass is 1100 g/mol. The number of halogens is 1. The van der Waals surface area contributed by atoms with E-state index in [2.05, 4.69) is 36.2 Å². The molecule has 0 aliphatic carbocycles. The number of benzene rings is 3. The van der Waals surface area contributed by atoms with Gasteiger partial charge in [0.2, 0.25) is 29.6 Å². The van der Waals surface area contributed by atoms with Gasteiger partial charge in [-0.15, -0.1) is 11.3 Å². The Kier molecular flexibility index (Phi) is 18.5. The molecule has 2 fully saturated rings. The lowest BCUT2D eigenvalue weighted by Gasteiger charge is -2.35. The maximum Gasteiger partial charge on any atom is 0.246 e. The van der Waals surface area contributed by atoms with Crippen LogP contribution in [0.5, 0.6) is 5.75 Å². The molecule has 2 aliphatic rings. The molecule has 17 nitrogen and oxygen atoms in total. The number of sulfone groups is 1. The average molecular weight is 1100 g/mol. The second kappa shape index (κ2) is 24.5. The summed E-state index contributed by atoms with van der Waals surface area (Å²) < 4.78 is 32.6. The molecule has 0 radical (unpaired) electrons. The van der Waals surface area contributed by atoms with Gasteiger partial charge in [-0.2, -0.15) is 4.98 Å². The van der Waals surface area contributed by atoms with Crippen molar-refractivity contribution in [2.24, 2.45) is 5.41 Å². The molecule has 20 heteroatoms. The first-order valence-corrected chi connectivity index (χ1v) is 28.8. The van der Waals surface area contributed by atoms with E-state index in [0.717, 1.165) is 45.7 Å². The fourth-order valence-electron chi connectivity index (χ4n) is 9.67. The van der Waals surface area contributed by atoms with Gasteiger partial charge in [0.05, 0.1) is 62.0 Å². The molecule has 2 aliphatic heterocycles. The Bertz CT molecular complexity index is 3010. The number of ether oxygens (including phenoxy) is 1. The van der Waals surface area contributed by atoms with Crippen molar-refractivity contribution in [1.29, 1.82) is 0 Å². The third-order valence-corrected chi connectivity index (χ3v) is 17.4. The van der Waals surface area contributed by atoms with E-state index in [1.165, 1.54) is 11.1 Å². The topological polar surface area (TPSA) is 225 Å². The number of likely N-dealkylation sites (tertiary alicyclic amines) is 2. The van der Waals surface area contributed by atoms with E-state index in [4.69, 9.17) is 16.3 Å². The Morgan fingerprint density at radius 1 is 0.908 bits per heavy atom. The van der Waals surface area contributed by atoms with E-state index < -0.39 is 44.6 Å². The molecule has 0 saturated carbocycles. The smallest absolute Gasteiger partial charge is 0.246 e. The van der Waals surface area contributed by atoms with Crippen LogP contribution in [-0.2, 0) is 29.0 Å². The van der Waals surface area contributed by atoms with Crippen molar-refractivity contribution in [3.63, 3.8) is 0 Å². The first-order chi connectivity index (χ1) is 35.9. The molecular weight excluding hydrogens is 1030 g/mol. The number of aromatic nitrogens is 3. The van der Waals surface area contributed by atoms with Crippen LogP contribution in [0, 0.1) is 19.3 Å². The van der Waals surface area contributed by atoms with Gasteiger partial charge in [-0.1, -0.05) is 68.8 Å². The summed E-state index contributed by atoms with van der Waals surface area (Å²) in [4.78, 5) is 72.9. The molecule has 76 heavy (non-hydrogen) atoms. The molecule has 4 heterocycles. The van der Waals surface area contributed by atoms with Crippen molar-refractivity contribution in [2.75, 3.05) is 30.3 Å². The number of piperidine rings is 1. The molecule has 408 valence electrons. The Morgan fingerprint density at radius 3 is 2.25 bits per heavy atom. The number of β-amino-alcohol motifs (C(OH)–C–C–N with tert-alkyl or cyclic N) is 1. The number of rotatable bonds is 19. The van der Waals surface area contributed by atoms with Crippen molar-refractivity contribution in [2.45, 2.75) is 154 Å². The van der Waals surface area contributed by atoms with Crippen LogP contribution in [0.3, 0.4) is 0 Å². The van der Waals surface area contributed by atoms with E-state index in [1.54, 1.807) is 49.4 Å². The van der Waals surface area contributed by atoms with E-state index >= 15 is 0 Å². The number of thiazole rings is 1. The molecular formula is C56H72ClN9O8S2. The summed E-state index contributed by atoms with van der Waals surface area (Å²) in [5.74, 6) is -0.0670. The molecule has 3 aromatic carbocycles. The summed E-state index contributed by atoms with van der Waals surface area (Å²) >= 11 is 8.09. The normalized spacial score (nSPS) is 17.1. The summed E-state index contributed by atoms with van der Waals surface area (Å²) in [6.45, 7) is 19.6. The number of para-hydroxylation sites is 1. The Morgan fingerprint density at radius 2 is 1.61 bits per heavy atom. The standard InChI is InChI=1S/C56H72ClN9O8S2/c1-32(2)74-46-28-41(34(5)26-44(46)62-55-58-29-42(57)52(64-55)61-43-14-11-12-15-47(43)76(72,73)33(3)4)38-22-24-65(25-23-38)49(69)17-13-16-48(68)63-51(56(8,9)10)54(71)66-30-40(67)27-45(66)53(70)60-35(6)37-18-20-39(21-19-37)50-36(7)59-31-75-50/h11-12,14-15,18-21,26,28-29,31-33,35,38,40,45,51,67H,13,16-17,22-25,27,30H2,1-10H3,(H,60,70)(H,63,68)(H2,58,61,62,64)/t35?,40-,45+,51?/m1/s1. The number of anilines is 4. The largest absolute Gasteiger partial charge is 0.489 e. The second-order valence-corrected chi connectivity index (χ2v) is 25.2. The van der Waals surface area contributed by atoms with Gasteiger partial charge in [0.25, 0.3) is 0 Å². The number of amides is 4. The molecule has 5 aromatic rings. The lowest BCUT2D eigenvalue weighted by Crippen LogP contribution is -2.57. The van der Waals surface area contributed by atoms with Crippen molar-refractivity contribution in [1.82, 2.24) is 35.4 Å². The Hall–Kier alpha value is -6.15. The number of nitrogens with one attached hydrogen (secondary N) is 4. The van der Waals surface area contributed by atoms with Crippen molar-refractivity contribution in [3.05, 3.63) is 99.8 Å². The van der Waals surface area contributed by atoms with Crippen LogP contribution < -0.4 is 26.0 Å². The predicted molar refractivity (Wildman–Crippen MR) is 298 cm³/mol. The summed E-state index contributed by atoms with van der Waals surface area (Å²) in [5.41, 5.74) is 7.05. The van der Waals surface area contributed by atoms with Gasteiger partial charge < -0.3 is 40.9 Å². The molecule has 4 atom stereocenters. The highest BCUT2D eigenvalue weighted by Gasteiger charge is 2.45. The lowest BCUT2D eigenvalue weighted by atomic mass is 9.85. The molecule has 2 saturated heterocycles. The fraction of sp³-hybridized carbons (Fsp3) is 0.482. The third-order valence-electron chi connectivity index (χ3n) is 13.9. The van der Waals surface area contributed by atoms with Gasteiger partial charge in [0.1, 0.15) is 22.9 Å². The highest BCUT2D eigenvalue weighted by molar-refractivity contribution is 7.92. The van der Waals surface area contributed by atoms with E-state index in [9.17, 15) is 32.7 Å². The van der Waals surface area contributed by atoms with Crippen molar-refractivity contribution in [3.8, 4) is 16.2 Å². The fourth-order valence-corrected chi connectivity index (χ4v) is 11.8. The van der Waals surface area contributed by atoms with E-state index in [-0.39, 0.29) is 89.7 Å². The van der Waals surface area contributed by atoms with Crippen molar-refractivity contribution >= 4 is 79.5 Å². The molecule has 2 unspecified atom stereocenters. The van der Waals surface area contributed by atoms with Crippen LogP contribution >= 0.6 is 22.9 Å². The Balaban J connectivity index is 0.917.